The molecule has 0 unspecified atom stereocenters. The number of phenolic OH excluding ortho intramolecular Hbond substituents is 1. The summed E-state index contributed by atoms with van der Waals surface area (Å²) >= 11 is 0. The first-order valence-electron chi connectivity index (χ1n) is 6.14. The average Bonchev–Trinajstić information content (AvgIpc) is 2.89. The van der Waals surface area contributed by atoms with Crippen LogP contribution in [0.15, 0.2) is 36.4 Å². The number of anilines is 1. The number of hydrogen-bond acceptors (Lipinski definition) is 4. The van der Waals surface area contributed by atoms with E-state index in [4.69, 9.17) is 9.47 Å². The van der Waals surface area contributed by atoms with Crippen LogP contribution in [0.5, 0.6) is 17.2 Å². The Kier molecular flexibility index (Phi) is 2.95. The van der Waals surface area contributed by atoms with E-state index in [9.17, 15) is 9.90 Å². The summed E-state index contributed by atoms with van der Waals surface area (Å²) in [5, 5.41) is 12.4. The minimum atomic E-state index is -0.317. The Morgan fingerprint density at radius 2 is 1.95 bits per heavy atom. The van der Waals surface area contributed by atoms with Crippen LogP contribution in [-0.2, 0) is 0 Å². The van der Waals surface area contributed by atoms with E-state index in [1.54, 1.807) is 30.3 Å². The molecule has 1 aliphatic rings. The molecule has 3 rings (SSSR count). The average molecular weight is 271 g/mol. The first kappa shape index (κ1) is 12.3. The molecule has 0 saturated carbocycles. The highest BCUT2D eigenvalue weighted by molar-refractivity contribution is 6.05. The molecule has 0 aliphatic carbocycles. The number of amides is 1. The third-order valence-corrected chi connectivity index (χ3v) is 3.04. The molecule has 1 amide bonds. The highest BCUT2D eigenvalue weighted by Gasteiger charge is 2.16. The standard InChI is InChI=1S/C15H13NO4/c1-9-2-4-11(12(17)6-9)16-15(18)10-3-5-13-14(7-10)20-8-19-13/h2-7,17H,8H2,1H3,(H,16,18). The molecule has 5 nitrogen and oxygen atoms in total. The third kappa shape index (κ3) is 2.25. The van der Waals surface area contributed by atoms with Gasteiger partial charge in [-0.05, 0) is 42.8 Å². The van der Waals surface area contributed by atoms with Crippen molar-refractivity contribution in [2.75, 3.05) is 12.1 Å². The number of aromatic hydroxyl groups is 1. The zero-order valence-corrected chi connectivity index (χ0v) is 10.8. The smallest absolute Gasteiger partial charge is 0.255 e. The minimum absolute atomic E-state index is 0.0408. The maximum atomic E-state index is 12.1. The molecule has 2 N–H and O–H groups in total. The Morgan fingerprint density at radius 3 is 2.75 bits per heavy atom. The predicted octanol–water partition coefficient (Wildman–Crippen LogP) is 2.68. The normalized spacial score (nSPS) is 12.2. The fourth-order valence-electron chi connectivity index (χ4n) is 1.98. The van der Waals surface area contributed by atoms with E-state index in [0.717, 1.165) is 5.56 Å². The Labute approximate surface area is 115 Å². The largest absolute Gasteiger partial charge is 0.506 e. The van der Waals surface area contributed by atoms with E-state index in [0.29, 0.717) is 22.7 Å². The zero-order chi connectivity index (χ0) is 14.1. The maximum absolute atomic E-state index is 12.1. The summed E-state index contributed by atoms with van der Waals surface area (Å²) in [6, 6.07) is 10.0. The highest BCUT2D eigenvalue weighted by atomic mass is 16.7. The molecular formula is C15H13NO4. The number of hydrogen-bond donors (Lipinski definition) is 2. The summed E-state index contributed by atoms with van der Waals surface area (Å²) in [5.41, 5.74) is 1.73. The molecule has 0 spiro atoms. The van der Waals surface area contributed by atoms with E-state index < -0.39 is 0 Å². The molecule has 0 fully saturated rings. The van der Waals surface area contributed by atoms with E-state index >= 15 is 0 Å². The van der Waals surface area contributed by atoms with Gasteiger partial charge >= 0.3 is 0 Å². The number of ether oxygens (including phenoxy) is 2. The lowest BCUT2D eigenvalue weighted by Crippen LogP contribution is -2.11. The molecule has 0 saturated heterocycles. The topological polar surface area (TPSA) is 67.8 Å². The molecular weight excluding hydrogens is 258 g/mol. The lowest BCUT2D eigenvalue weighted by molar-refractivity contribution is 0.102. The molecule has 2 aromatic rings. The van der Waals surface area contributed by atoms with Crippen LogP contribution in [0.2, 0.25) is 0 Å². The van der Waals surface area contributed by atoms with E-state index in [2.05, 4.69) is 5.32 Å². The quantitative estimate of drug-likeness (QED) is 0.824. The van der Waals surface area contributed by atoms with Gasteiger partial charge in [-0.3, -0.25) is 4.79 Å². The van der Waals surface area contributed by atoms with Crippen LogP contribution in [-0.4, -0.2) is 17.8 Å². The molecule has 0 atom stereocenters. The SMILES string of the molecule is Cc1ccc(NC(=O)c2ccc3c(c2)OCO3)c(O)c1. The number of carbonyl (C=O) groups excluding carboxylic acids is 1. The molecule has 0 bridgehead atoms. The molecule has 1 aliphatic heterocycles. The number of rotatable bonds is 2. The van der Waals surface area contributed by atoms with Crippen molar-refractivity contribution in [2.45, 2.75) is 6.92 Å². The first-order valence-corrected chi connectivity index (χ1v) is 6.14. The molecule has 2 aromatic carbocycles. The van der Waals surface area contributed by atoms with Crippen LogP contribution >= 0.6 is 0 Å². The lowest BCUT2D eigenvalue weighted by Gasteiger charge is -2.08. The monoisotopic (exact) mass is 271 g/mol. The second-order valence-electron chi connectivity index (χ2n) is 4.54. The molecule has 0 aromatic heterocycles. The van der Waals surface area contributed by atoms with Gasteiger partial charge in [-0.1, -0.05) is 6.07 Å². The van der Waals surface area contributed by atoms with Gasteiger partial charge in [-0.15, -0.1) is 0 Å². The summed E-state index contributed by atoms with van der Waals surface area (Å²) in [6.45, 7) is 2.03. The van der Waals surface area contributed by atoms with Gasteiger partial charge in [0.15, 0.2) is 11.5 Å². The molecule has 102 valence electrons. The zero-order valence-electron chi connectivity index (χ0n) is 10.8. The Hall–Kier alpha value is -2.69. The van der Waals surface area contributed by atoms with Crippen molar-refractivity contribution in [3.63, 3.8) is 0 Å². The number of benzene rings is 2. The number of carbonyl (C=O) groups is 1. The van der Waals surface area contributed by atoms with Gasteiger partial charge in [0, 0.05) is 5.56 Å². The molecule has 0 radical (unpaired) electrons. The van der Waals surface area contributed by atoms with Crippen LogP contribution < -0.4 is 14.8 Å². The van der Waals surface area contributed by atoms with Crippen molar-refractivity contribution in [1.29, 1.82) is 0 Å². The van der Waals surface area contributed by atoms with Gasteiger partial charge < -0.3 is 19.9 Å². The Morgan fingerprint density at radius 1 is 1.15 bits per heavy atom. The van der Waals surface area contributed by atoms with Crippen molar-refractivity contribution in [3.8, 4) is 17.2 Å². The van der Waals surface area contributed by atoms with Gasteiger partial charge in [0.2, 0.25) is 6.79 Å². The molecule has 5 heteroatoms. The summed E-state index contributed by atoms with van der Waals surface area (Å²) in [5.74, 6) is 0.895. The molecule has 20 heavy (non-hydrogen) atoms. The maximum Gasteiger partial charge on any atom is 0.255 e. The van der Waals surface area contributed by atoms with E-state index in [-0.39, 0.29) is 18.4 Å². The summed E-state index contributed by atoms with van der Waals surface area (Å²) < 4.78 is 10.4. The van der Waals surface area contributed by atoms with Gasteiger partial charge in [0.25, 0.3) is 5.91 Å². The Balaban J connectivity index is 1.82. The fraction of sp³-hybridized carbons (Fsp3) is 0.133. The summed E-state index contributed by atoms with van der Waals surface area (Å²) in [6.07, 6.45) is 0. The van der Waals surface area contributed by atoms with Crippen molar-refractivity contribution >= 4 is 11.6 Å². The number of fused-ring (bicyclic) bond motifs is 1. The third-order valence-electron chi connectivity index (χ3n) is 3.04. The van der Waals surface area contributed by atoms with E-state index in [1.807, 2.05) is 13.0 Å². The van der Waals surface area contributed by atoms with Crippen LogP contribution in [0.3, 0.4) is 0 Å². The van der Waals surface area contributed by atoms with Crippen molar-refractivity contribution in [3.05, 3.63) is 47.5 Å². The highest BCUT2D eigenvalue weighted by Crippen LogP contribution is 2.33. The second-order valence-corrected chi connectivity index (χ2v) is 4.54. The second kappa shape index (κ2) is 4.77. The van der Waals surface area contributed by atoms with Crippen LogP contribution in [0.1, 0.15) is 15.9 Å². The fourth-order valence-corrected chi connectivity index (χ4v) is 1.98. The van der Waals surface area contributed by atoms with Crippen LogP contribution in [0.4, 0.5) is 5.69 Å². The van der Waals surface area contributed by atoms with Crippen molar-refractivity contribution in [1.82, 2.24) is 0 Å². The Bertz CT molecular complexity index is 682. The van der Waals surface area contributed by atoms with Gasteiger partial charge in [-0.2, -0.15) is 0 Å². The van der Waals surface area contributed by atoms with Gasteiger partial charge in [-0.25, -0.2) is 0 Å². The molecule has 1 heterocycles. The van der Waals surface area contributed by atoms with E-state index in [1.165, 1.54) is 0 Å². The first-order chi connectivity index (χ1) is 9.63. The minimum Gasteiger partial charge on any atom is -0.506 e. The summed E-state index contributed by atoms with van der Waals surface area (Å²) in [7, 11) is 0. The number of phenols is 1. The van der Waals surface area contributed by atoms with Crippen LogP contribution in [0.25, 0.3) is 0 Å². The lowest BCUT2D eigenvalue weighted by atomic mass is 10.1. The predicted molar refractivity (Wildman–Crippen MR) is 73.4 cm³/mol. The number of nitrogens with one attached hydrogen (secondary N) is 1. The van der Waals surface area contributed by atoms with Crippen LogP contribution in [0, 0.1) is 6.92 Å². The summed E-state index contributed by atoms with van der Waals surface area (Å²) in [4.78, 5) is 12.1. The van der Waals surface area contributed by atoms with Crippen molar-refractivity contribution in [2.24, 2.45) is 0 Å². The van der Waals surface area contributed by atoms with Gasteiger partial charge in [0.1, 0.15) is 5.75 Å². The van der Waals surface area contributed by atoms with Gasteiger partial charge in [0.05, 0.1) is 5.69 Å². The van der Waals surface area contributed by atoms with Crippen molar-refractivity contribution < 1.29 is 19.4 Å². The number of aryl methyl sites for hydroxylation is 1.